The molecule has 4 rings (SSSR count). The Balaban J connectivity index is 1.54. The van der Waals surface area contributed by atoms with Crippen molar-refractivity contribution in [2.75, 3.05) is 23.8 Å². The Labute approximate surface area is 138 Å². The minimum Gasteiger partial charge on any atom is -0.488 e. The van der Waals surface area contributed by atoms with Crippen LogP contribution in [-0.2, 0) is 9.59 Å². The first kappa shape index (κ1) is 14.3. The van der Waals surface area contributed by atoms with Crippen LogP contribution in [-0.4, -0.2) is 25.0 Å². The highest BCUT2D eigenvalue weighted by Crippen LogP contribution is 2.31. The lowest BCUT2D eigenvalue weighted by Crippen LogP contribution is -2.25. The standard InChI is InChI=1S/C18H14N2O4/c21-17-10-24-16-6-5-13(8-14(16)20-17)19-18(22)12-7-11-3-1-2-4-15(11)23-9-12/h1-8H,9-10H2,(H,19,22)(H,20,21). The van der Waals surface area contributed by atoms with Gasteiger partial charge in [-0.15, -0.1) is 0 Å². The zero-order valence-corrected chi connectivity index (χ0v) is 12.7. The average molecular weight is 322 g/mol. The van der Waals surface area contributed by atoms with Crippen molar-refractivity contribution in [1.29, 1.82) is 0 Å². The molecule has 6 nitrogen and oxygen atoms in total. The Hall–Kier alpha value is -3.28. The fourth-order valence-corrected chi connectivity index (χ4v) is 2.62. The van der Waals surface area contributed by atoms with Crippen molar-refractivity contribution in [1.82, 2.24) is 0 Å². The van der Waals surface area contributed by atoms with E-state index >= 15 is 0 Å². The van der Waals surface area contributed by atoms with Crippen molar-refractivity contribution in [3.05, 3.63) is 53.6 Å². The van der Waals surface area contributed by atoms with Crippen molar-refractivity contribution in [2.24, 2.45) is 0 Å². The summed E-state index contributed by atoms with van der Waals surface area (Å²) in [6.07, 6.45) is 1.82. The van der Waals surface area contributed by atoms with Gasteiger partial charge in [0, 0.05) is 11.3 Å². The van der Waals surface area contributed by atoms with Crippen LogP contribution in [0.15, 0.2) is 48.0 Å². The van der Waals surface area contributed by atoms with E-state index in [0.717, 1.165) is 11.3 Å². The number of rotatable bonds is 2. The van der Waals surface area contributed by atoms with E-state index in [1.165, 1.54) is 0 Å². The summed E-state index contributed by atoms with van der Waals surface area (Å²) in [5, 5.41) is 5.52. The van der Waals surface area contributed by atoms with Gasteiger partial charge >= 0.3 is 0 Å². The highest BCUT2D eigenvalue weighted by molar-refractivity contribution is 6.08. The molecule has 2 aliphatic heterocycles. The van der Waals surface area contributed by atoms with E-state index in [4.69, 9.17) is 9.47 Å². The molecule has 2 aliphatic rings. The number of carbonyl (C=O) groups is 2. The molecule has 0 unspecified atom stereocenters. The largest absolute Gasteiger partial charge is 0.488 e. The minimum absolute atomic E-state index is 0.00232. The lowest BCUT2D eigenvalue weighted by atomic mass is 10.1. The van der Waals surface area contributed by atoms with Gasteiger partial charge in [-0.2, -0.15) is 0 Å². The van der Waals surface area contributed by atoms with Crippen LogP contribution in [0.1, 0.15) is 5.56 Å². The molecule has 0 bridgehead atoms. The third-order valence-electron chi connectivity index (χ3n) is 3.79. The molecular formula is C18H14N2O4. The Morgan fingerprint density at radius 1 is 1.04 bits per heavy atom. The van der Waals surface area contributed by atoms with Crippen LogP contribution in [0.3, 0.4) is 0 Å². The van der Waals surface area contributed by atoms with E-state index in [1.807, 2.05) is 30.3 Å². The number of hydrogen-bond acceptors (Lipinski definition) is 4. The van der Waals surface area contributed by atoms with Crippen LogP contribution in [0.5, 0.6) is 11.5 Å². The number of benzene rings is 2. The Morgan fingerprint density at radius 3 is 2.79 bits per heavy atom. The molecule has 0 radical (unpaired) electrons. The molecule has 2 heterocycles. The Bertz CT molecular complexity index is 873. The van der Waals surface area contributed by atoms with Crippen molar-refractivity contribution >= 4 is 29.3 Å². The summed E-state index contributed by atoms with van der Waals surface area (Å²) in [6, 6.07) is 12.7. The van der Waals surface area contributed by atoms with Crippen LogP contribution < -0.4 is 20.1 Å². The summed E-state index contributed by atoms with van der Waals surface area (Å²) in [4.78, 5) is 23.8. The number of amides is 2. The van der Waals surface area contributed by atoms with E-state index in [9.17, 15) is 9.59 Å². The van der Waals surface area contributed by atoms with Crippen LogP contribution in [0.4, 0.5) is 11.4 Å². The van der Waals surface area contributed by atoms with E-state index in [0.29, 0.717) is 22.7 Å². The second-order valence-electron chi connectivity index (χ2n) is 5.50. The van der Waals surface area contributed by atoms with Crippen molar-refractivity contribution in [3.8, 4) is 11.5 Å². The molecule has 2 N–H and O–H groups in total. The molecule has 24 heavy (non-hydrogen) atoms. The number of nitrogens with one attached hydrogen (secondary N) is 2. The van der Waals surface area contributed by atoms with Crippen LogP contribution in [0.25, 0.3) is 6.08 Å². The smallest absolute Gasteiger partial charge is 0.262 e. The zero-order chi connectivity index (χ0) is 16.5. The summed E-state index contributed by atoms with van der Waals surface area (Å²) >= 11 is 0. The fourth-order valence-electron chi connectivity index (χ4n) is 2.62. The molecule has 0 saturated heterocycles. The van der Waals surface area contributed by atoms with Gasteiger partial charge in [0.15, 0.2) is 6.61 Å². The summed E-state index contributed by atoms with van der Waals surface area (Å²) in [5.41, 5.74) is 2.53. The average Bonchev–Trinajstić information content (AvgIpc) is 2.61. The molecule has 0 aliphatic carbocycles. The maximum absolute atomic E-state index is 12.4. The van der Waals surface area contributed by atoms with Crippen LogP contribution in [0.2, 0.25) is 0 Å². The Kier molecular flexibility index (Phi) is 3.42. The van der Waals surface area contributed by atoms with Gasteiger partial charge in [0.2, 0.25) is 0 Å². The van der Waals surface area contributed by atoms with Gasteiger partial charge in [0.25, 0.3) is 11.8 Å². The lowest BCUT2D eigenvalue weighted by molar-refractivity contribution is -0.118. The number of hydrogen-bond donors (Lipinski definition) is 2. The van der Waals surface area contributed by atoms with Gasteiger partial charge in [0.05, 0.1) is 11.3 Å². The highest BCUT2D eigenvalue weighted by atomic mass is 16.5. The van der Waals surface area contributed by atoms with Gasteiger partial charge < -0.3 is 20.1 Å². The normalized spacial score (nSPS) is 15.0. The van der Waals surface area contributed by atoms with E-state index < -0.39 is 0 Å². The molecule has 0 fully saturated rings. The van der Waals surface area contributed by atoms with E-state index in [1.54, 1.807) is 18.2 Å². The first-order chi connectivity index (χ1) is 11.7. The summed E-state index contributed by atoms with van der Waals surface area (Å²) in [5.74, 6) is 0.892. The first-order valence-electron chi connectivity index (χ1n) is 7.49. The maximum Gasteiger partial charge on any atom is 0.262 e. The van der Waals surface area contributed by atoms with Crippen molar-refractivity contribution < 1.29 is 19.1 Å². The Morgan fingerprint density at radius 2 is 1.88 bits per heavy atom. The van der Waals surface area contributed by atoms with E-state index in [2.05, 4.69) is 10.6 Å². The predicted molar refractivity (Wildman–Crippen MR) is 89.1 cm³/mol. The monoisotopic (exact) mass is 322 g/mol. The van der Waals surface area contributed by atoms with Crippen LogP contribution >= 0.6 is 0 Å². The number of fused-ring (bicyclic) bond motifs is 2. The second kappa shape index (κ2) is 5.73. The molecule has 0 saturated carbocycles. The summed E-state index contributed by atoms with van der Waals surface area (Å²) in [7, 11) is 0. The zero-order valence-electron chi connectivity index (χ0n) is 12.7. The number of anilines is 2. The molecule has 6 heteroatoms. The number of carbonyl (C=O) groups excluding carboxylic acids is 2. The predicted octanol–water partition coefficient (Wildman–Crippen LogP) is 2.43. The lowest BCUT2D eigenvalue weighted by Gasteiger charge is -2.20. The first-order valence-corrected chi connectivity index (χ1v) is 7.49. The van der Waals surface area contributed by atoms with Gasteiger partial charge in [0.1, 0.15) is 18.1 Å². The SMILES string of the molecule is O=C1COc2ccc(NC(=O)C3=Cc4ccccc4OC3)cc2N1. The van der Waals surface area contributed by atoms with E-state index in [-0.39, 0.29) is 25.0 Å². The van der Waals surface area contributed by atoms with Crippen molar-refractivity contribution in [3.63, 3.8) is 0 Å². The van der Waals surface area contributed by atoms with Gasteiger partial charge in [-0.3, -0.25) is 9.59 Å². The summed E-state index contributed by atoms with van der Waals surface area (Å²) in [6.45, 7) is 0.218. The quantitative estimate of drug-likeness (QED) is 0.890. The van der Waals surface area contributed by atoms with Crippen molar-refractivity contribution in [2.45, 2.75) is 0 Å². The van der Waals surface area contributed by atoms with Gasteiger partial charge in [-0.1, -0.05) is 18.2 Å². The molecule has 2 amide bonds. The molecule has 120 valence electrons. The van der Waals surface area contributed by atoms with Gasteiger partial charge in [-0.25, -0.2) is 0 Å². The molecule has 2 aromatic rings. The molecule has 0 aromatic heterocycles. The molecule has 2 aromatic carbocycles. The highest BCUT2D eigenvalue weighted by Gasteiger charge is 2.19. The maximum atomic E-state index is 12.4. The molecule has 0 spiro atoms. The number of para-hydroxylation sites is 1. The minimum atomic E-state index is -0.243. The van der Waals surface area contributed by atoms with Gasteiger partial charge in [-0.05, 0) is 30.3 Å². The number of ether oxygens (including phenoxy) is 2. The third-order valence-corrected chi connectivity index (χ3v) is 3.79. The third kappa shape index (κ3) is 2.69. The topological polar surface area (TPSA) is 76.7 Å². The molecular weight excluding hydrogens is 308 g/mol. The summed E-state index contributed by atoms with van der Waals surface area (Å²) < 4.78 is 10.9. The van der Waals surface area contributed by atoms with Crippen LogP contribution in [0, 0.1) is 0 Å². The fraction of sp³-hybridized carbons (Fsp3) is 0.111. The molecule has 0 atom stereocenters. The second-order valence-corrected chi connectivity index (χ2v) is 5.50.